The quantitative estimate of drug-likeness (QED) is 0.261. The van der Waals surface area contributed by atoms with E-state index in [1.165, 1.54) is 31.4 Å². The molecule has 0 unspecified atom stereocenters. The fourth-order valence-corrected chi connectivity index (χ4v) is 6.30. The summed E-state index contributed by atoms with van der Waals surface area (Å²) in [6, 6.07) is 31.6. The molecule has 1 aliphatic carbocycles. The van der Waals surface area contributed by atoms with Gasteiger partial charge in [-0.05, 0) is 78.1 Å². The zero-order valence-electron chi connectivity index (χ0n) is 18.4. The second-order valence-corrected chi connectivity index (χ2v) is 10.6. The van der Waals surface area contributed by atoms with Crippen molar-refractivity contribution in [3.8, 4) is 22.4 Å². The van der Waals surface area contributed by atoms with Gasteiger partial charge in [-0.2, -0.15) is 0 Å². The molecule has 1 heterocycles. The summed E-state index contributed by atoms with van der Waals surface area (Å²) >= 11 is 9.74. The lowest BCUT2D eigenvalue weighted by Crippen LogP contribution is -2.09. The van der Waals surface area contributed by atoms with Gasteiger partial charge in [-0.1, -0.05) is 84.0 Å². The number of rotatable bonds is 5. The molecule has 1 aliphatic rings. The van der Waals surface area contributed by atoms with Crippen LogP contribution >= 0.6 is 35.1 Å². The van der Waals surface area contributed by atoms with Crippen LogP contribution in [0, 0.1) is 0 Å². The Labute approximate surface area is 209 Å². The predicted molar refractivity (Wildman–Crippen MR) is 146 cm³/mol. The third-order valence-corrected chi connectivity index (χ3v) is 8.43. The topological polar surface area (TPSA) is 12.9 Å². The van der Waals surface area contributed by atoms with Crippen molar-refractivity contribution in [2.24, 2.45) is 0 Å². The Morgan fingerprint density at radius 2 is 1.48 bits per heavy atom. The second-order valence-electron chi connectivity index (χ2n) is 7.99. The Balaban J connectivity index is 1.69. The smallest absolute Gasteiger partial charge is 0.0723 e. The molecular formula is C29H24ClNS2. The zero-order valence-corrected chi connectivity index (χ0v) is 20.8. The van der Waals surface area contributed by atoms with Crippen molar-refractivity contribution in [3.05, 3.63) is 112 Å². The zero-order chi connectivity index (χ0) is 22.6. The van der Waals surface area contributed by atoms with E-state index in [4.69, 9.17) is 16.6 Å². The van der Waals surface area contributed by atoms with Crippen molar-refractivity contribution in [2.45, 2.75) is 24.2 Å². The minimum Gasteiger partial charge on any atom is -0.248 e. The molecule has 0 bridgehead atoms. The maximum absolute atomic E-state index is 6.11. The number of thioether (sulfide) groups is 2. The highest BCUT2D eigenvalue weighted by Gasteiger charge is 2.24. The number of allylic oxidation sites excluding steroid dienone is 1. The van der Waals surface area contributed by atoms with E-state index in [0.29, 0.717) is 0 Å². The van der Waals surface area contributed by atoms with Crippen LogP contribution in [-0.2, 0) is 6.42 Å². The lowest BCUT2D eigenvalue weighted by atomic mass is 9.86. The lowest BCUT2D eigenvalue weighted by molar-refractivity contribution is 0.811. The SMILES string of the molecule is CSC(Sc1ccc(Cl)cc1)=C1CCCc2c(-c3ccccc3)cc(-c3ccccc3)nc21. The minimum atomic E-state index is 0.766. The predicted octanol–water partition coefficient (Wildman–Crippen LogP) is 9.23. The molecule has 33 heavy (non-hydrogen) atoms. The summed E-state index contributed by atoms with van der Waals surface area (Å²) in [5.41, 5.74) is 8.62. The second kappa shape index (κ2) is 10.2. The molecule has 1 nitrogen and oxygen atoms in total. The first-order valence-corrected chi connectivity index (χ1v) is 13.5. The number of aromatic nitrogens is 1. The maximum atomic E-state index is 6.11. The molecule has 1 aromatic heterocycles. The van der Waals surface area contributed by atoms with Crippen LogP contribution in [0.2, 0.25) is 5.02 Å². The fourth-order valence-electron chi connectivity index (χ4n) is 4.30. The van der Waals surface area contributed by atoms with Gasteiger partial charge in [0.05, 0.1) is 15.6 Å². The van der Waals surface area contributed by atoms with E-state index in [0.717, 1.165) is 41.2 Å². The Morgan fingerprint density at radius 1 is 0.818 bits per heavy atom. The molecule has 5 rings (SSSR count). The van der Waals surface area contributed by atoms with E-state index in [1.807, 2.05) is 35.7 Å². The summed E-state index contributed by atoms with van der Waals surface area (Å²) in [4.78, 5) is 6.47. The number of pyridine rings is 1. The average Bonchev–Trinajstić information content (AvgIpc) is 2.88. The van der Waals surface area contributed by atoms with Crippen molar-refractivity contribution >= 4 is 40.7 Å². The molecule has 0 fully saturated rings. The van der Waals surface area contributed by atoms with Crippen molar-refractivity contribution in [3.63, 3.8) is 0 Å². The van der Waals surface area contributed by atoms with Crippen LogP contribution in [0.5, 0.6) is 0 Å². The summed E-state index contributed by atoms with van der Waals surface area (Å²) in [6.07, 6.45) is 5.40. The van der Waals surface area contributed by atoms with Gasteiger partial charge >= 0.3 is 0 Å². The first kappa shape index (κ1) is 22.3. The number of halogens is 1. The summed E-state index contributed by atoms with van der Waals surface area (Å²) in [7, 11) is 0. The highest BCUT2D eigenvalue weighted by molar-refractivity contribution is 8.22. The maximum Gasteiger partial charge on any atom is 0.0723 e. The van der Waals surface area contributed by atoms with Crippen LogP contribution in [0.25, 0.3) is 28.0 Å². The van der Waals surface area contributed by atoms with Gasteiger partial charge in [0.2, 0.25) is 0 Å². The van der Waals surface area contributed by atoms with Crippen molar-refractivity contribution in [2.75, 3.05) is 6.26 Å². The summed E-state index contributed by atoms with van der Waals surface area (Å²) in [6.45, 7) is 0. The van der Waals surface area contributed by atoms with Crippen molar-refractivity contribution < 1.29 is 0 Å². The first-order valence-electron chi connectivity index (χ1n) is 11.1. The van der Waals surface area contributed by atoms with Gasteiger partial charge < -0.3 is 0 Å². The van der Waals surface area contributed by atoms with E-state index >= 15 is 0 Å². The lowest BCUT2D eigenvalue weighted by Gasteiger charge is -2.25. The molecule has 0 amide bonds. The molecule has 0 spiro atoms. The standard InChI is InChI=1S/C29H24ClNS2/c1-32-29(33-23-17-15-22(30)16-18-23)25-14-8-13-24-26(20-9-4-2-5-10-20)19-27(31-28(24)25)21-11-6-3-7-12-21/h2-7,9-12,15-19H,8,13-14H2,1H3. The van der Waals surface area contributed by atoms with Gasteiger partial charge in [0.15, 0.2) is 0 Å². The van der Waals surface area contributed by atoms with Crippen LogP contribution in [0.3, 0.4) is 0 Å². The van der Waals surface area contributed by atoms with E-state index in [9.17, 15) is 0 Å². The third kappa shape index (κ3) is 4.91. The normalized spacial score (nSPS) is 14.6. The molecule has 4 aromatic rings. The average molecular weight is 486 g/mol. The van der Waals surface area contributed by atoms with Crippen LogP contribution in [0.15, 0.2) is 100 Å². The van der Waals surface area contributed by atoms with E-state index < -0.39 is 0 Å². The van der Waals surface area contributed by atoms with E-state index in [2.05, 4.69) is 85.1 Å². The van der Waals surface area contributed by atoms with E-state index in [1.54, 1.807) is 0 Å². The van der Waals surface area contributed by atoms with Crippen molar-refractivity contribution in [1.82, 2.24) is 4.98 Å². The molecule has 0 N–H and O–H groups in total. The Bertz CT molecular complexity index is 1280. The molecule has 4 heteroatoms. The number of benzene rings is 3. The molecule has 0 aliphatic heterocycles. The number of nitrogens with zero attached hydrogens (tertiary/aromatic N) is 1. The van der Waals surface area contributed by atoms with E-state index in [-0.39, 0.29) is 0 Å². The molecular weight excluding hydrogens is 462 g/mol. The van der Waals surface area contributed by atoms with Crippen LogP contribution in [0.4, 0.5) is 0 Å². The molecule has 0 saturated heterocycles. The minimum absolute atomic E-state index is 0.766. The van der Waals surface area contributed by atoms with Gasteiger partial charge in [0.1, 0.15) is 0 Å². The highest BCUT2D eigenvalue weighted by Crippen LogP contribution is 2.46. The Hall–Kier alpha value is -2.46. The van der Waals surface area contributed by atoms with Crippen LogP contribution in [-0.4, -0.2) is 11.2 Å². The molecule has 0 saturated carbocycles. The molecule has 164 valence electrons. The van der Waals surface area contributed by atoms with Gasteiger partial charge in [-0.3, -0.25) is 0 Å². The van der Waals surface area contributed by atoms with Gasteiger partial charge in [0.25, 0.3) is 0 Å². The molecule has 0 atom stereocenters. The highest BCUT2D eigenvalue weighted by atomic mass is 35.5. The number of hydrogen-bond donors (Lipinski definition) is 0. The number of hydrogen-bond acceptors (Lipinski definition) is 3. The first-order chi connectivity index (χ1) is 16.2. The van der Waals surface area contributed by atoms with Crippen LogP contribution < -0.4 is 0 Å². The van der Waals surface area contributed by atoms with Gasteiger partial charge in [-0.25, -0.2) is 4.98 Å². The van der Waals surface area contributed by atoms with Gasteiger partial charge in [0, 0.05) is 15.5 Å². The summed E-state index contributed by atoms with van der Waals surface area (Å²) < 4.78 is 1.31. The third-order valence-electron chi connectivity index (χ3n) is 5.87. The summed E-state index contributed by atoms with van der Waals surface area (Å²) in [5.74, 6) is 0. The largest absolute Gasteiger partial charge is 0.248 e. The van der Waals surface area contributed by atoms with Crippen molar-refractivity contribution in [1.29, 1.82) is 0 Å². The Morgan fingerprint density at radius 3 is 2.15 bits per heavy atom. The summed E-state index contributed by atoms with van der Waals surface area (Å²) in [5, 5.41) is 0.766. The molecule has 0 radical (unpaired) electrons. The van der Waals surface area contributed by atoms with Crippen LogP contribution in [0.1, 0.15) is 24.1 Å². The molecule has 3 aromatic carbocycles. The fraction of sp³-hybridized carbons (Fsp3) is 0.138. The monoisotopic (exact) mass is 485 g/mol. The van der Waals surface area contributed by atoms with Gasteiger partial charge in [-0.15, -0.1) is 11.8 Å². The number of fused-ring (bicyclic) bond motifs is 1. The Kier molecular flexibility index (Phi) is 6.91.